The third-order valence-electron chi connectivity index (χ3n) is 4.33. The van der Waals surface area contributed by atoms with Crippen LogP contribution in [0.25, 0.3) is 0 Å². The minimum atomic E-state index is -0.0369. The van der Waals surface area contributed by atoms with Gasteiger partial charge in [0.2, 0.25) is 5.91 Å². The van der Waals surface area contributed by atoms with Crippen LogP contribution in [0.3, 0.4) is 0 Å². The Morgan fingerprint density at radius 3 is 1.96 bits per heavy atom. The van der Waals surface area contributed by atoms with E-state index in [9.17, 15) is 9.59 Å². The molecular weight excluding hydrogens is 308 g/mol. The number of aryl methyl sites for hydroxylation is 1. The molecule has 6 heteroatoms. The maximum Gasteiger partial charge on any atom is 0.254 e. The van der Waals surface area contributed by atoms with Crippen molar-refractivity contribution < 1.29 is 19.1 Å². The van der Waals surface area contributed by atoms with Crippen molar-refractivity contribution in [1.82, 2.24) is 9.80 Å². The second-order valence-corrected chi connectivity index (χ2v) is 6.29. The van der Waals surface area contributed by atoms with Crippen molar-refractivity contribution in [1.29, 1.82) is 0 Å². The van der Waals surface area contributed by atoms with E-state index in [-0.39, 0.29) is 17.7 Å². The lowest BCUT2D eigenvalue weighted by Crippen LogP contribution is -2.51. The molecule has 24 heavy (non-hydrogen) atoms. The number of amides is 2. The second-order valence-electron chi connectivity index (χ2n) is 6.29. The summed E-state index contributed by atoms with van der Waals surface area (Å²) in [6.07, 6.45) is 0. The van der Waals surface area contributed by atoms with Gasteiger partial charge in [0.15, 0.2) is 11.5 Å². The van der Waals surface area contributed by atoms with Crippen LogP contribution in [0.15, 0.2) is 12.1 Å². The third-order valence-corrected chi connectivity index (χ3v) is 4.33. The lowest BCUT2D eigenvalue weighted by Gasteiger charge is -2.36. The Hall–Kier alpha value is -2.24. The molecule has 0 aromatic heterocycles. The standard InChI is InChI=1S/C18H26N2O4/c1-12(2)17(21)19-6-8-20(9-7-19)18(22)14-11-16(24-5)15(23-4)10-13(14)3/h10-12H,6-9H2,1-5H3. The highest BCUT2D eigenvalue weighted by atomic mass is 16.5. The maximum absolute atomic E-state index is 12.8. The summed E-state index contributed by atoms with van der Waals surface area (Å²) < 4.78 is 10.6. The number of nitrogens with zero attached hydrogens (tertiary/aromatic N) is 2. The molecule has 6 nitrogen and oxygen atoms in total. The van der Waals surface area contributed by atoms with Crippen molar-refractivity contribution in [3.8, 4) is 11.5 Å². The Morgan fingerprint density at radius 1 is 0.958 bits per heavy atom. The van der Waals surface area contributed by atoms with Crippen LogP contribution >= 0.6 is 0 Å². The van der Waals surface area contributed by atoms with Gasteiger partial charge in [-0.2, -0.15) is 0 Å². The van der Waals surface area contributed by atoms with Gasteiger partial charge in [0, 0.05) is 37.7 Å². The molecule has 0 unspecified atom stereocenters. The maximum atomic E-state index is 12.8. The minimum absolute atomic E-state index is 0.0136. The first-order chi connectivity index (χ1) is 11.4. The Balaban J connectivity index is 2.12. The fourth-order valence-electron chi connectivity index (χ4n) is 2.88. The van der Waals surface area contributed by atoms with Crippen molar-refractivity contribution in [3.05, 3.63) is 23.3 Å². The first kappa shape index (κ1) is 18.1. The largest absolute Gasteiger partial charge is 0.493 e. The molecule has 1 saturated heterocycles. The number of piperazine rings is 1. The predicted octanol–water partition coefficient (Wildman–Crippen LogP) is 1.95. The van der Waals surface area contributed by atoms with E-state index < -0.39 is 0 Å². The predicted molar refractivity (Wildman–Crippen MR) is 91.6 cm³/mol. The van der Waals surface area contributed by atoms with Gasteiger partial charge in [-0.25, -0.2) is 0 Å². The summed E-state index contributed by atoms with van der Waals surface area (Å²) in [5, 5.41) is 0. The van der Waals surface area contributed by atoms with E-state index >= 15 is 0 Å². The first-order valence-corrected chi connectivity index (χ1v) is 8.19. The van der Waals surface area contributed by atoms with Crippen molar-refractivity contribution in [3.63, 3.8) is 0 Å². The number of methoxy groups -OCH3 is 2. The van der Waals surface area contributed by atoms with E-state index in [2.05, 4.69) is 0 Å². The van der Waals surface area contributed by atoms with Gasteiger partial charge in [-0.1, -0.05) is 13.8 Å². The first-order valence-electron chi connectivity index (χ1n) is 8.19. The lowest BCUT2D eigenvalue weighted by atomic mass is 10.1. The molecule has 1 aliphatic heterocycles. The Morgan fingerprint density at radius 2 is 1.46 bits per heavy atom. The van der Waals surface area contributed by atoms with Gasteiger partial charge in [-0.3, -0.25) is 9.59 Å². The zero-order chi connectivity index (χ0) is 17.9. The molecule has 0 bridgehead atoms. The molecule has 0 radical (unpaired) electrons. The molecule has 1 aromatic rings. The molecule has 1 heterocycles. The van der Waals surface area contributed by atoms with Crippen LogP contribution in [-0.2, 0) is 4.79 Å². The fraction of sp³-hybridized carbons (Fsp3) is 0.556. The van der Waals surface area contributed by atoms with E-state index in [0.717, 1.165) is 5.56 Å². The van der Waals surface area contributed by atoms with Crippen molar-refractivity contribution >= 4 is 11.8 Å². The number of carbonyl (C=O) groups excluding carboxylic acids is 2. The van der Waals surface area contributed by atoms with Gasteiger partial charge in [0.05, 0.1) is 14.2 Å². The van der Waals surface area contributed by atoms with Gasteiger partial charge >= 0.3 is 0 Å². The quantitative estimate of drug-likeness (QED) is 0.844. The molecule has 2 amide bonds. The van der Waals surface area contributed by atoms with E-state index in [0.29, 0.717) is 43.2 Å². The number of benzene rings is 1. The molecule has 0 aliphatic carbocycles. The topological polar surface area (TPSA) is 59.1 Å². The van der Waals surface area contributed by atoms with Crippen molar-refractivity contribution in [2.45, 2.75) is 20.8 Å². The molecule has 1 fully saturated rings. The van der Waals surface area contributed by atoms with Crippen LogP contribution in [0.2, 0.25) is 0 Å². The molecule has 1 aliphatic rings. The van der Waals surface area contributed by atoms with E-state index in [1.807, 2.05) is 31.7 Å². The Labute approximate surface area is 143 Å². The number of rotatable bonds is 4. The van der Waals surface area contributed by atoms with Crippen LogP contribution < -0.4 is 9.47 Å². The summed E-state index contributed by atoms with van der Waals surface area (Å²) in [5.74, 6) is 1.24. The highest BCUT2D eigenvalue weighted by Crippen LogP contribution is 2.31. The monoisotopic (exact) mass is 334 g/mol. The number of hydrogen-bond acceptors (Lipinski definition) is 4. The van der Waals surface area contributed by atoms with Crippen LogP contribution in [0.5, 0.6) is 11.5 Å². The van der Waals surface area contributed by atoms with Crippen LogP contribution in [0, 0.1) is 12.8 Å². The number of hydrogen-bond donors (Lipinski definition) is 0. The molecule has 0 saturated carbocycles. The number of carbonyl (C=O) groups is 2. The normalized spacial score (nSPS) is 14.8. The van der Waals surface area contributed by atoms with Crippen LogP contribution in [0.1, 0.15) is 29.8 Å². The van der Waals surface area contributed by atoms with Gasteiger partial charge in [-0.15, -0.1) is 0 Å². The van der Waals surface area contributed by atoms with Gasteiger partial charge < -0.3 is 19.3 Å². The zero-order valence-electron chi connectivity index (χ0n) is 15.1. The molecule has 0 spiro atoms. The van der Waals surface area contributed by atoms with Crippen molar-refractivity contribution in [2.75, 3.05) is 40.4 Å². The highest BCUT2D eigenvalue weighted by Gasteiger charge is 2.27. The summed E-state index contributed by atoms with van der Waals surface area (Å²) in [5.41, 5.74) is 1.45. The summed E-state index contributed by atoms with van der Waals surface area (Å²) >= 11 is 0. The molecule has 2 rings (SSSR count). The zero-order valence-corrected chi connectivity index (χ0v) is 15.1. The van der Waals surface area contributed by atoms with Crippen LogP contribution in [-0.4, -0.2) is 62.0 Å². The van der Waals surface area contributed by atoms with E-state index in [1.54, 1.807) is 25.2 Å². The average molecular weight is 334 g/mol. The Kier molecular flexibility index (Phi) is 5.70. The van der Waals surface area contributed by atoms with Crippen LogP contribution in [0.4, 0.5) is 0 Å². The minimum Gasteiger partial charge on any atom is -0.493 e. The third kappa shape index (κ3) is 3.63. The molecule has 0 atom stereocenters. The molecule has 132 valence electrons. The summed E-state index contributed by atoms with van der Waals surface area (Å²) in [4.78, 5) is 28.5. The SMILES string of the molecule is COc1cc(C)c(C(=O)N2CCN(C(=O)C(C)C)CC2)cc1OC. The van der Waals surface area contributed by atoms with Gasteiger partial charge in [-0.05, 0) is 24.6 Å². The van der Waals surface area contributed by atoms with E-state index in [4.69, 9.17) is 9.47 Å². The summed E-state index contributed by atoms with van der Waals surface area (Å²) in [6, 6.07) is 3.53. The molecule has 1 aromatic carbocycles. The lowest BCUT2D eigenvalue weighted by molar-refractivity contribution is -0.135. The second kappa shape index (κ2) is 7.55. The van der Waals surface area contributed by atoms with E-state index in [1.165, 1.54) is 0 Å². The summed E-state index contributed by atoms with van der Waals surface area (Å²) in [7, 11) is 3.13. The van der Waals surface area contributed by atoms with Gasteiger partial charge in [0.25, 0.3) is 5.91 Å². The smallest absolute Gasteiger partial charge is 0.254 e. The average Bonchev–Trinajstić information content (AvgIpc) is 2.60. The number of ether oxygens (including phenoxy) is 2. The Bertz CT molecular complexity index is 620. The van der Waals surface area contributed by atoms with Gasteiger partial charge in [0.1, 0.15) is 0 Å². The van der Waals surface area contributed by atoms with Crippen molar-refractivity contribution in [2.24, 2.45) is 5.92 Å². The highest BCUT2D eigenvalue weighted by molar-refractivity contribution is 5.96. The fourth-order valence-corrected chi connectivity index (χ4v) is 2.88. The molecule has 0 N–H and O–H groups in total. The summed E-state index contributed by atoms with van der Waals surface area (Å²) in [6.45, 7) is 7.92. The molecular formula is C18H26N2O4.